The number of hydrogen-bond acceptors (Lipinski definition) is 5. The number of rotatable bonds is 65. The number of nitrogens with one attached hydrogen (secondary N) is 1. The summed E-state index contributed by atoms with van der Waals surface area (Å²) in [4.78, 5) is 24.6. The number of esters is 1. The largest absolute Gasteiger partial charge is 0.466 e. The molecule has 0 saturated heterocycles. The Hall–Kier alpha value is -1.14. The standard InChI is InChI=1S/C68H135NO5/c1-3-5-7-9-11-13-15-17-18-19-20-21-22-23-24-27-30-33-37-40-44-48-52-56-60-66(71)65(64-70)69-67(72)61-57-53-49-45-41-38-34-31-28-25-26-29-32-35-39-43-47-51-55-59-63-74-68(73)62-58-54-50-46-42-36-16-14-12-10-8-6-4-2/h65-66,70-71H,3-64H2,1-2H3,(H,69,72). The fourth-order valence-corrected chi connectivity index (χ4v) is 11.2. The van der Waals surface area contributed by atoms with E-state index in [0.717, 1.165) is 38.5 Å². The van der Waals surface area contributed by atoms with E-state index in [2.05, 4.69) is 19.2 Å². The molecule has 6 heteroatoms. The first-order chi connectivity index (χ1) is 36.5. The highest BCUT2D eigenvalue weighted by atomic mass is 16.5. The third-order valence-corrected chi connectivity index (χ3v) is 16.4. The summed E-state index contributed by atoms with van der Waals surface area (Å²) in [5.41, 5.74) is 0. The Bertz CT molecular complexity index is 1070. The molecule has 0 rings (SSSR count). The summed E-state index contributed by atoms with van der Waals surface area (Å²) in [6.07, 6.45) is 77.1. The molecule has 0 bridgehead atoms. The minimum Gasteiger partial charge on any atom is -0.466 e. The molecule has 0 aromatic rings. The quantitative estimate of drug-likeness (QED) is 0.0417. The van der Waals surface area contributed by atoms with Crippen LogP contribution in [0.4, 0.5) is 0 Å². The maximum atomic E-state index is 12.5. The summed E-state index contributed by atoms with van der Waals surface area (Å²) < 4.78 is 5.48. The van der Waals surface area contributed by atoms with Crippen LogP contribution in [0.3, 0.4) is 0 Å². The predicted octanol–water partition coefficient (Wildman–Crippen LogP) is 21.8. The van der Waals surface area contributed by atoms with Crippen LogP contribution >= 0.6 is 0 Å². The van der Waals surface area contributed by atoms with Gasteiger partial charge in [-0.05, 0) is 25.7 Å². The minimum atomic E-state index is -0.666. The highest BCUT2D eigenvalue weighted by Crippen LogP contribution is 2.19. The monoisotopic (exact) mass is 1050 g/mol. The molecule has 0 aromatic heterocycles. The van der Waals surface area contributed by atoms with Gasteiger partial charge in [0.1, 0.15) is 0 Å². The van der Waals surface area contributed by atoms with Crippen molar-refractivity contribution in [3.63, 3.8) is 0 Å². The van der Waals surface area contributed by atoms with Crippen molar-refractivity contribution in [3.05, 3.63) is 0 Å². The van der Waals surface area contributed by atoms with E-state index >= 15 is 0 Å². The number of amides is 1. The fraction of sp³-hybridized carbons (Fsp3) is 0.971. The summed E-state index contributed by atoms with van der Waals surface area (Å²) in [6.45, 7) is 5.00. The van der Waals surface area contributed by atoms with Crippen molar-refractivity contribution in [2.45, 2.75) is 411 Å². The summed E-state index contributed by atoms with van der Waals surface area (Å²) in [7, 11) is 0. The van der Waals surface area contributed by atoms with Gasteiger partial charge in [-0.25, -0.2) is 0 Å². The van der Waals surface area contributed by atoms with Crippen molar-refractivity contribution < 1.29 is 24.5 Å². The minimum absolute atomic E-state index is 0.0137. The Morgan fingerprint density at radius 2 is 0.554 bits per heavy atom. The predicted molar refractivity (Wildman–Crippen MR) is 324 cm³/mol. The lowest BCUT2D eigenvalue weighted by atomic mass is 10.0. The van der Waals surface area contributed by atoms with E-state index in [1.54, 1.807) is 0 Å². The first-order valence-electron chi connectivity index (χ1n) is 34.3. The van der Waals surface area contributed by atoms with Crippen molar-refractivity contribution in [2.75, 3.05) is 13.2 Å². The molecule has 0 radical (unpaired) electrons. The van der Waals surface area contributed by atoms with Gasteiger partial charge >= 0.3 is 5.97 Å². The van der Waals surface area contributed by atoms with Crippen LogP contribution < -0.4 is 5.32 Å². The maximum absolute atomic E-state index is 12.5. The van der Waals surface area contributed by atoms with Crippen LogP contribution in [0, 0.1) is 0 Å². The zero-order valence-corrected chi connectivity index (χ0v) is 50.6. The lowest BCUT2D eigenvalue weighted by Gasteiger charge is -2.22. The van der Waals surface area contributed by atoms with Gasteiger partial charge in [-0.2, -0.15) is 0 Å². The molecular formula is C68H135NO5. The zero-order valence-electron chi connectivity index (χ0n) is 50.6. The molecule has 2 atom stereocenters. The van der Waals surface area contributed by atoms with Crippen molar-refractivity contribution in [2.24, 2.45) is 0 Å². The highest BCUT2D eigenvalue weighted by molar-refractivity contribution is 5.76. The number of hydrogen-bond donors (Lipinski definition) is 3. The first kappa shape index (κ1) is 72.9. The van der Waals surface area contributed by atoms with Gasteiger partial charge in [0, 0.05) is 12.8 Å². The Kier molecular flexibility index (Phi) is 63.4. The van der Waals surface area contributed by atoms with Crippen LogP contribution in [0.5, 0.6) is 0 Å². The van der Waals surface area contributed by atoms with Gasteiger partial charge in [0.15, 0.2) is 0 Å². The molecular weight excluding hydrogens is 911 g/mol. The second-order valence-corrected chi connectivity index (χ2v) is 23.9. The molecule has 0 heterocycles. The average Bonchev–Trinajstić information content (AvgIpc) is 3.40. The van der Waals surface area contributed by atoms with Crippen LogP contribution in [-0.4, -0.2) is 47.4 Å². The lowest BCUT2D eigenvalue weighted by Crippen LogP contribution is -2.45. The molecule has 0 fully saturated rings. The highest BCUT2D eigenvalue weighted by Gasteiger charge is 2.20. The molecule has 0 saturated carbocycles. The summed E-state index contributed by atoms with van der Waals surface area (Å²) >= 11 is 0. The Labute approximate surface area is 464 Å². The molecule has 0 aliphatic heterocycles. The molecule has 1 amide bonds. The van der Waals surface area contributed by atoms with Gasteiger partial charge < -0.3 is 20.3 Å². The van der Waals surface area contributed by atoms with Crippen molar-refractivity contribution >= 4 is 11.9 Å². The number of ether oxygens (including phenoxy) is 1. The molecule has 0 aliphatic carbocycles. The van der Waals surface area contributed by atoms with E-state index in [4.69, 9.17) is 4.74 Å². The smallest absolute Gasteiger partial charge is 0.305 e. The van der Waals surface area contributed by atoms with E-state index < -0.39 is 12.1 Å². The van der Waals surface area contributed by atoms with Gasteiger partial charge in [-0.1, -0.05) is 361 Å². The van der Waals surface area contributed by atoms with Gasteiger partial charge in [-0.15, -0.1) is 0 Å². The topological polar surface area (TPSA) is 95.9 Å². The second kappa shape index (κ2) is 64.4. The number of aliphatic hydroxyl groups excluding tert-OH is 2. The van der Waals surface area contributed by atoms with Crippen molar-refractivity contribution in [1.82, 2.24) is 5.32 Å². The van der Waals surface area contributed by atoms with E-state index in [-0.39, 0.29) is 18.5 Å². The average molecular weight is 1050 g/mol. The fourth-order valence-electron chi connectivity index (χ4n) is 11.2. The summed E-state index contributed by atoms with van der Waals surface area (Å²) in [5, 5.41) is 23.4. The summed E-state index contributed by atoms with van der Waals surface area (Å²) in [5.74, 6) is -0.0173. The van der Waals surface area contributed by atoms with E-state index in [1.165, 1.54) is 327 Å². The second-order valence-electron chi connectivity index (χ2n) is 23.9. The molecule has 0 aliphatic rings. The van der Waals surface area contributed by atoms with Crippen LogP contribution in [0.15, 0.2) is 0 Å². The molecule has 3 N–H and O–H groups in total. The molecule has 0 aromatic carbocycles. The normalized spacial score (nSPS) is 12.4. The van der Waals surface area contributed by atoms with Gasteiger partial charge in [0.25, 0.3) is 0 Å². The SMILES string of the molecule is CCCCCCCCCCCCCCCCCCCCCCCCCCC(O)C(CO)NC(=O)CCCCCCCCCCCCCCCCCCCCCCOC(=O)CCCCCCCCCCCCCCC. The third-order valence-electron chi connectivity index (χ3n) is 16.4. The Balaban J connectivity index is 3.38. The zero-order chi connectivity index (χ0) is 53.6. The Morgan fingerprint density at radius 3 is 0.824 bits per heavy atom. The van der Waals surface area contributed by atoms with E-state index in [0.29, 0.717) is 25.9 Å². The Morgan fingerprint density at radius 1 is 0.324 bits per heavy atom. The summed E-state index contributed by atoms with van der Waals surface area (Å²) in [6, 6.07) is -0.543. The number of aliphatic hydroxyl groups is 2. The molecule has 6 nitrogen and oxygen atoms in total. The molecule has 0 spiro atoms. The first-order valence-corrected chi connectivity index (χ1v) is 34.3. The maximum Gasteiger partial charge on any atom is 0.305 e. The van der Waals surface area contributed by atoms with Crippen LogP contribution in [0.2, 0.25) is 0 Å². The van der Waals surface area contributed by atoms with Crippen LogP contribution in [-0.2, 0) is 14.3 Å². The van der Waals surface area contributed by atoms with Gasteiger partial charge in [0.05, 0.1) is 25.4 Å². The van der Waals surface area contributed by atoms with Gasteiger partial charge in [0.2, 0.25) is 5.91 Å². The number of carbonyl (C=O) groups excluding carboxylic acids is 2. The number of carbonyl (C=O) groups is 2. The van der Waals surface area contributed by atoms with Crippen molar-refractivity contribution in [1.29, 1.82) is 0 Å². The molecule has 442 valence electrons. The lowest BCUT2D eigenvalue weighted by molar-refractivity contribution is -0.143. The van der Waals surface area contributed by atoms with Crippen LogP contribution in [0.25, 0.3) is 0 Å². The molecule has 74 heavy (non-hydrogen) atoms. The molecule has 2 unspecified atom stereocenters. The number of unbranched alkanes of at least 4 members (excludes halogenated alkanes) is 54. The van der Waals surface area contributed by atoms with Crippen LogP contribution in [0.1, 0.15) is 399 Å². The van der Waals surface area contributed by atoms with Crippen molar-refractivity contribution in [3.8, 4) is 0 Å². The van der Waals surface area contributed by atoms with E-state index in [1.807, 2.05) is 0 Å². The van der Waals surface area contributed by atoms with E-state index in [9.17, 15) is 19.8 Å². The van der Waals surface area contributed by atoms with Gasteiger partial charge in [-0.3, -0.25) is 9.59 Å². The third kappa shape index (κ3) is 60.1.